The fourth-order valence-corrected chi connectivity index (χ4v) is 2.85. The Bertz CT molecular complexity index is 350. The van der Waals surface area contributed by atoms with E-state index in [1.807, 2.05) is 11.9 Å². The van der Waals surface area contributed by atoms with Gasteiger partial charge in [-0.25, -0.2) is 0 Å². The first kappa shape index (κ1) is 15.5. The second kappa shape index (κ2) is 7.77. The zero-order chi connectivity index (χ0) is 12.1. The number of hydrogen-bond acceptors (Lipinski definition) is 3. The van der Waals surface area contributed by atoms with Crippen LogP contribution in [0.2, 0.25) is 0 Å². The van der Waals surface area contributed by atoms with Gasteiger partial charge >= 0.3 is 0 Å². The quantitative estimate of drug-likeness (QED) is 0.902. The van der Waals surface area contributed by atoms with E-state index < -0.39 is 0 Å². The summed E-state index contributed by atoms with van der Waals surface area (Å²) in [5, 5.41) is 5.45. The third-order valence-corrected chi connectivity index (χ3v) is 4.22. The average Bonchev–Trinajstić information content (AvgIpc) is 2.98. The molecule has 0 saturated carbocycles. The van der Waals surface area contributed by atoms with E-state index in [0.717, 1.165) is 25.9 Å². The second-order valence-electron chi connectivity index (χ2n) is 4.64. The summed E-state index contributed by atoms with van der Waals surface area (Å²) in [5.74, 6) is 0.265. The van der Waals surface area contributed by atoms with E-state index in [-0.39, 0.29) is 18.3 Å². The lowest BCUT2D eigenvalue weighted by Crippen LogP contribution is -2.34. The maximum Gasteiger partial charge on any atom is 0.223 e. The Morgan fingerprint density at radius 3 is 3.06 bits per heavy atom. The molecule has 3 nitrogen and oxygen atoms in total. The highest BCUT2D eigenvalue weighted by Crippen LogP contribution is 2.12. The summed E-state index contributed by atoms with van der Waals surface area (Å²) in [5.41, 5.74) is 0. The van der Waals surface area contributed by atoms with E-state index in [2.05, 4.69) is 22.8 Å². The van der Waals surface area contributed by atoms with Crippen molar-refractivity contribution < 1.29 is 4.79 Å². The van der Waals surface area contributed by atoms with Gasteiger partial charge in [0.25, 0.3) is 0 Å². The monoisotopic (exact) mass is 288 g/mol. The minimum atomic E-state index is 0. The highest BCUT2D eigenvalue weighted by atomic mass is 35.5. The lowest BCUT2D eigenvalue weighted by Gasteiger charge is -2.19. The smallest absolute Gasteiger partial charge is 0.223 e. The van der Waals surface area contributed by atoms with E-state index in [9.17, 15) is 4.79 Å². The lowest BCUT2D eigenvalue weighted by molar-refractivity contribution is -0.130. The van der Waals surface area contributed by atoms with Gasteiger partial charge in [0.1, 0.15) is 0 Å². The third kappa shape index (κ3) is 4.59. The summed E-state index contributed by atoms with van der Waals surface area (Å²) < 4.78 is 0. The first-order valence-corrected chi connectivity index (χ1v) is 7.13. The molecule has 5 heteroatoms. The van der Waals surface area contributed by atoms with Crippen LogP contribution in [-0.2, 0) is 11.2 Å². The predicted molar refractivity (Wildman–Crippen MR) is 78.5 cm³/mol. The summed E-state index contributed by atoms with van der Waals surface area (Å²) in [6.45, 7) is 1.89. The summed E-state index contributed by atoms with van der Waals surface area (Å²) in [6, 6.07) is 4.60. The number of nitrogens with zero attached hydrogens (tertiary/aromatic N) is 1. The topological polar surface area (TPSA) is 32.3 Å². The van der Waals surface area contributed by atoms with E-state index in [1.165, 1.54) is 11.3 Å². The zero-order valence-corrected chi connectivity index (χ0v) is 12.4. The molecule has 2 heterocycles. The van der Waals surface area contributed by atoms with Gasteiger partial charge in [-0.05, 0) is 37.3 Å². The van der Waals surface area contributed by atoms with Crippen LogP contribution in [0.1, 0.15) is 24.1 Å². The van der Waals surface area contributed by atoms with Crippen molar-refractivity contribution in [2.24, 2.45) is 0 Å². The molecule has 18 heavy (non-hydrogen) atoms. The van der Waals surface area contributed by atoms with Crippen molar-refractivity contribution in [2.75, 3.05) is 20.1 Å². The van der Waals surface area contributed by atoms with Gasteiger partial charge in [0.05, 0.1) is 0 Å². The summed E-state index contributed by atoms with van der Waals surface area (Å²) in [6.07, 6.45) is 3.97. The number of thiophene rings is 1. The van der Waals surface area contributed by atoms with Gasteiger partial charge < -0.3 is 10.2 Å². The molecule has 2 rings (SSSR count). The Labute approximate surface area is 119 Å². The molecule has 1 aliphatic rings. The molecule has 1 atom stereocenters. The molecule has 1 saturated heterocycles. The van der Waals surface area contributed by atoms with Crippen LogP contribution in [0.4, 0.5) is 0 Å². The molecule has 0 aromatic carbocycles. The first-order valence-electron chi connectivity index (χ1n) is 6.25. The van der Waals surface area contributed by atoms with Gasteiger partial charge in [-0.15, -0.1) is 23.7 Å². The van der Waals surface area contributed by atoms with Crippen LogP contribution in [0.3, 0.4) is 0 Å². The number of hydrogen-bond donors (Lipinski definition) is 1. The van der Waals surface area contributed by atoms with Gasteiger partial charge in [-0.3, -0.25) is 4.79 Å². The van der Waals surface area contributed by atoms with Gasteiger partial charge in [0.2, 0.25) is 5.91 Å². The van der Waals surface area contributed by atoms with Gasteiger partial charge in [0.15, 0.2) is 0 Å². The maximum absolute atomic E-state index is 11.9. The van der Waals surface area contributed by atoms with E-state index in [0.29, 0.717) is 12.5 Å². The number of nitrogens with one attached hydrogen (secondary N) is 1. The standard InChI is InChI=1S/C13H20N2OS.ClH/c1-15(8-6-12-5-3-9-17-12)13(16)10-11-4-2-7-14-11;/h3,5,9,11,14H,2,4,6-8,10H2,1H3;1H. The lowest BCUT2D eigenvalue weighted by atomic mass is 10.1. The van der Waals surface area contributed by atoms with Crippen molar-refractivity contribution in [2.45, 2.75) is 31.7 Å². The molecule has 1 aromatic heterocycles. The number of likely N-dealkylation sites (N-methyl/N-ethyl adjacent to an activating group) is 1. The van der Waals surface area contributed by atoms with Crippen LogP contribution in [-0.4, -0.2) is 37.0 Å². The molecule has 0 spiro atoms. The van der Waals surface area contributed by atoms with Crippen molar-refractivity contribution >= 4 is 29.7 Å². The van der Waals surface area contributed by atoms with Crippen LogP contribution in [0.25, 0.3) is 0 Å². The number of amides is 1. The molecule has 0 radical (unpaired) electrons. The van der Waals surface area contributed by atoms with Crippen molar-refractivity contribution in [3.8, 4) is 0 Å². The van der Waals surface area contributed by atoms with Crippen molar-refractivity contribution in [1.29, 1.82) is 0 Å². The first-order chi connectivity index (χ1) is 8.25. The number of halogens is 1. The normalized spacial score (nSPS) is 18.4. The van der Waals surface area contributed by atoms with Crippen LogP contribution >= 0.6 is 23.7 Å². The molecule has 102 valence electrons. The molecule has 1 N–H and O–H groups in total. The molecule has 1 aliphatic heterocycles. The molecule has 1 aromatic rings. The highest BCUT2D eigenvalue weighted by Gasteiger charge is 2.19. The second-order valence-corrected chi connectivity index (χ2v) is 5.67. The Kier molecular flexibility index (Phi) is 6.68. The molecule has 0 bridgehead atoms. The molecule has 0 aliphatic carbocycles. The molecule has 1 unspecified atom stereocenters. The van der Waals surface area contributed by atoms with Crippen molar-refractivity contribution in [3.63, 3.8) is 0 Å². The Morgan fingerprint density at radius 1 is 1.61 bits per heavy atom. The summed E-state index contributed by atoms with van der Waals surface area (Å²) >= 11 is 1.76. The third-order valence-electron chi connectivity index (χ3n) is 3.28. The molecule has 1 amide bonds. The Morgan fingerprint density at radius 2 is 2.44 bits per heavy atom. The van der Waals surface area contributed by atoms with Crippen LogP contribution in [0.15, 0.2) is 17.5 Å². The number of carbonyl (C=O) groups is 1. The SMILES string of the molecule is CN(CCc1cccs1)C(=O)CC1CCCN1.Cl. The Hall–Kier alpha value is -0.580. The van der Waals surface area contributed by atoms with Crippen LogP contribution in [0, 0.1) is 0 Å². The number of carbonyl (C=O) groups excluding carboxylic acids is 1. The minimum absolute atomic E-state index is 0. The van der Waals surface area contributed by atoms with E-state index in [1.54, 1.807) is 11.3 Å². The fourth-order valence-electron chi connectivity index (χ4n) is 2.15. The molecular formula is C13H21ClN2OS. The van der Waals surface area contributed by atoms with Gasteiger partial charge in [-0.2, -0.15) is 0 Å². The zero-order valence-electron chi connectivity index (χ0n) is 10.7. The predicted octanol–water partition coefficient (Wildman–Crippen LogP) is 2.31. The van der Waals surface area contributed by atoms with Crippen molar-refractivity contribution in [1.82, 2.24) is 10.2 Å². The molecule has 1 fully saturated rings. The van der Waals surface area contributed by atoms with Crippen LogP contribution < -0.4 is 5.32 Å². The van der Waals surface area contributed by atoms with Gasteiger partial charge in [0, 0.05) is 30.9 Å². The maximum atomic E-state index is 11.9. The number of rotatable bonds is 5. The average molecular weight is 289 g/mol. The Balaban J connectivity index is 0.00000162. The minimum Gasteiger partial charge on any atom is -0.345 e. The summed E-state index contributed by atoms with van der Waals surface area (Å²) in [7, 11) is 1.91. The highest BCUT2D eigenvalue weighted by molar-refractivity contribution is 7.09. The van der Waals surface area contributed by atoms with Crippen molar-refractivity contribution in [3.05, 3.63) is 22.4 Å². The van der Waals surface area contributed by atoms with E-state index in [4.69, 9.17) is 0 Å². The molecular weight excluding hydrogens is 268 g/mol. The van der Waals surface area contributed by atoms with Crippen LogP contribution in [0.5, 0.6) is 0 Å². The largest absolute Gasteiger partial charge is 0.345 e. The fraction of sp³-hybridized carbons (Fsp3) is 0.615. The van der Waals surface area contributed by atoms with Gasteiger partial charge in [-0.1, -0.05) is 6.07 Å². The summed E-state index contributed by atoms with van der Waals surface area (Å²) in [4.78, 5) is 15.2. The van der Waals surface area contributed by atoms with E-state index >= 15 is 0 Å².